The molecule has 3 rings (SSSR count). The van der Waals surface area contributed by atoms with Gasteiger partial charge in [-0.3, -0.25) is 0 Å². The summed E-state index contributed by atoms with van der Waals surface area (Å²) in [7, 11) is 2.08. The van der Waals surface area contributed by atoms with Crippen LogP contribution in [-0.2, 0) is 28.1 Å². The van der Waals surface area contributed by atoms with Crippen LogP contribution in [0.2, 0.25) is 0 Å². The van der Waals surface area contributed by atoms with Crippen molar-refractivity contribution in [3.05, 3.63) is 80.9 Å². The van der Waals surface area contributed by atoms with Crippen molar-refractivity contribution in [2.45, 2.75) is 80.7 Å². The summed E-state index contributed by atoms with van der Waals surface area (Å²) in [5.41, 5.74) is 11.3. The summed E-state index contributed by atoms with van der Waals surface area (Å²) < 4.78 is 2.16. The van der Waals surface area contributed by atoms with E-state index in [9.17, 15) is 0 Å². The Labute approximate surface area is 216 Å². The van der Waals surface area contributed by atoms with E-state index in [-0.39, 0.29) is 56.8 Å². The van der Waals surface area contributed by atoms with Crippen LogP contribution in [0, 0.1) is 27.7 Å². The number of nitrogens with zero attached hydrogens (tertiary/aromatic N) is 1. The summed E-state index contributed by atoms with van der Waals surface area (Å²) in [4.78, 5) is 0. The van der Waals surface area contributed by atoms with Crippen LogP contribution in [0.5, 0.6) is 0 Å². The molecule has 0 radical (unpaired) electrons. The molecule has 0 amide bonds. The fourth-order valence-corrected chi connectivity index (χ4v) is 3.36. The van der Waals surface area contributed by atoms with E-state index < -0.39 is 0 Å². The number of nitrogens with one attached hydrogen (secondary N) is 1. The molecular weight excluding hydrogens is 571 g/mol. The van der Waals surface area contributed by atoms with E-state index in [0.29, 0.717) is 5.92 Å². The van der Waals surface area contributed by atoms with Crippen LogP contribution in [0.15, 0.2) is 49.2 Å². The zero-order valence-corrected chi connectivity index (χ0v) is 22.6. The van der Waals surface area contributed by atoms with Gasteiger partial charge in [-0.2, -0.15) is 0 Å². The first-order chi connectivity index (χ1) is 13.0. The van der Waals surface area contributed by atoms with Gasteiger partial charge in [0.15, 0.2) is 6.20 Å². The summed E-state index contributed by atoms with van der Waals surface area (Å²) in [5.74, 6) is 0.670. The quantitative estimate of drug-likeness (QED) is 0.181. The summed E-state index contributed by atoms with van der Waals surface area (Å²) in [6.07, 6.45) is 14.3. The molecule has 1 heterocycles. The number of fused-ring (bicyclic) bond motifs is 1. The van der Waals surface area contributed by atoms with Crippen LogP contribution in [0.1, 0.15) is 78.9 Å². The van der Waals surface area contributed by atoms with E-state index in [1.54, 1.807) is 6.08 Å². The van der Waals surface area contributed by atoms with Gasteiger partial charge in [-0.15, -0.1) is 6.04 Å². The molecule has 1 saturated carbocycles. The van der Waals surface area contributed by atoms with Crippen LogP contribution in [0.3, 0.4) is 0 Å². The molecule has 1 aromatic heterocycles. The second-order valence-electron chi connectivity index (χ2n) is 7.51. The molecule has 2 unspecified atom stereocenters. The van der Waals surface area contributed by atoms with E-state index >= 15 is 0 Å². The van der Waals surface area contributed by atoms with E-state index in [4.69, 9.17) is 5.73 Å². The van der Waals surface area contributed by atoms with Gasteiger partial charge in [0.05, 0.1) is 0 Å². The van der Waals surface area contributed by atoms with Crippen molar-refractivity contribution in [1.82, 2.24) is 0 Å². The molecule has 2 aromatic rings. The van der Waals surface area contributed by atoms with Crippen molar-refractivity contribution in [3.8, 4) is 0 Å². The molecule has 32 heavy (non-hydrogen) atoms. The number of rotatable bonds is 2. The molecule has 0 aliphatic heterocycles. The third-order valence-corrected chi connectivity index (χ3v) is 4.97. The molecule has 0 bridgehead atoms. The van der Waals surface area contributed by atoms with E-state index in [1.165, 1.54) is 47.7 Å². The topological polar surface area (TPSA) is 27.7 Å². The number of benzene rings is 1. The van der Waals surface area contributed by atoms with Crippen LogP contribution in [0.25, 0.3) is 22.7 Å². The molecule has 1 aliphatic carbocycles. The van der Waals surface area contributed by atoms with Gasteiger partial charge in [0.1, 0.15) is 7.05 Å². The third kappa shape index (κ3) is 13.3. The number of aromatic nitrogens is 1. The maximum atomic E-state index is 7.48. The Hall–Kier alpha value is -1.24. The second kappa shape index (κ2) is 22.9. The smallest absolute Gasteiger partial charge is 0.215 e. The molecule has 0 saturated heterocycles. The number of pyridine rings is 1. The SMILES string of the molecule is C.C.C=C/C=C\c1ccc2ccc[n+](C)c2c1C.CC1CCCCC1[NH-].CCC.[CH3-].[CH3-].[Pt]. The number of hydrogen-bond acceptors (Lipinski definition) is 0. The van der Waals surface area contributed by atoms with Crippen molar-refractivity contribution >= 4 is 17.0 Å². The minimum atomic E-state index is 0. The molecule has 1 aromatic carbocycles. The monoisotopic (exact) mass is 623 g/mol. The van der Waals surface area contributed by atoms with Crippen LogP contribution in [0.4, 0.5) is 0 Å². The molecule has 1 aliphatic rings. The van der Waals surface area contributed by atoms with Gasteiger partial charge in [0, 0.05) is 38.1 Å². The first-order valence-electron chi connectivity index (χ1n) is 10.3. The maximum absolute atomic E-state index is 7.48. The van der Waals surface area contributed by atoms with Gasteiger partial charge in [-0.1, -0.05) is 105 Å². The number of aryl methyl sites for hydroxylation is 2. The largest absolute Gasteiger partial charge is 0.674 e. The molecule has 2 atom stereocenters. The minimum absolute atomic E-state index is 0. The Balaban J connectivity index is -0.000000132. The van der Waals surface area contributed by atoms with Crippen LogP contribution >= 0.6 is 0 Å². The molecule has 0 spiro atoms. The van der Waals surface area contributed by atoms with Crippen molar-refractivity contribution in [2.75, 3.05) is 0 Å². The third-order valence-electron chi connectivity index (χ3n) is 4.97. The average Bonchev–Trinajstić information content (AvgIpc) is 2.65. The van der Waals surface area contributed by atoms with E-state index in [0.717, 1.165) is 6.42 Å². The number of allylic oxidation sites excluding steroid dienone is 2. The second-order valence-corrected chi connectivity index (χ2v) is 7.51. The molecule has 1 fully saturated rings. The average molecular weight is 624 g/mol. The summed E-state index contributed by atoms with van der Waals surface area (Å²) >= 11 is 0. The van der Waals surface area contributed by atoms with Gasteiger partial charge in [0.25, 0.3) is 0 Å². The predicted octanol–water partition coefficient (Wildman–Crippen LogP) is 9.38. The molecule has 2 nitrogen and oxygen atoms in total. The van der Waals surface area contributed by atoms with Crippen LogP contribution < -0.4 is 4.57 Å². The minimum Gasteiger partial charge on any atom is -0.674 e. The molecular formula is C29H52N2Pt-2. The van der Waals surface area contributed by atoms with Gasteiger partial charge in [-0.25, -0.2) is 4.57 Å². The van der Waals surface area contributed by atoms with Crippen molar-refractivity contribution in [3.63, 3.8) is 0 Å². The Morgan fingerprint density at radius 1 is 1.09 bits per heavy atom. The number of hydrogen-bond donors (Lipinski definition) is 0. The Kier molecular flexibility index (Phi) is 29.4. The van der Waals surface area contributed by atoms with E-state index in [2.05, 4.69) is 82.4 Å². The van der Waals surface area contributed by atoms with Crippen molar-refractivity contribution < 1.29 is 25.6 Å². The summed E-state index contributed by atoms with van der Waals surface area (Å²) in [6.45, 7) is 12.3. The van der Waals surface area contributed by atoms with Gasteiger partial charge < -0.3 is 20.6 Å². The summed E-state index contributed by atoms with van der Waals surface area (Å²) in [6, 6.07) is 8.77. The summed E-state index contributed by atoms with van der Waals surface area (Å²) in [5, 5.41) is 1.28. The Morgan fingerprint density at radius 2 is 1.66 bits per heavy atom. The van der Waals surface area contributed by atoms with Crippen molar-refractivity contribution in [1.29, 1.82) is 0 Å². The van der Waals surface area contributed by atoms with Gasteiger partial charge >= 0.3 is 0 Å². The standard InChI is InChI=1S/C15H16N.C7H14N.C3H8.2CH4.2CH3.Pt/c1-4-5-7-13-9-10-14-8-6-11-16(3)15(14)12(13)2;1-6-4-2-3-5-7(6)8;1-3-2;;;;;/h4-11H,1H2,2-3H3;6-8H,2-5H2,1H3;3H2,1-2H3;2*1H4;2*1H3;/q+1;-1;;;;2*-1;/b7-5-;;;;;;;. The normalized spacial score (nSPS) is 16.1. The first kappa shape index (κ1) is 41.1. The van der Waals surface area contributed by atoms with Crippen molar-refractivity contribution in [2.24, 2.45) is 13.0 Å². The molecule has 190 valence electrons. The fraction of sp³-hybridized carbons (Fsp3) is 0.483. The first-order valence-corrected chi connectivity index (χ1v) is 10.3. The van der Waals surface area contributed by atoms with E-state index in [1.807, 2.05) is 6.08 Å². The maximum Gasteiger partial charge on any atom is 0.215 e. The Morgan fingerprint density at radius 3 is 2.12 bits per heavy atom. The zero-order valence-electron chi connectivity index (χ0n) is 20.3. The fourth-order valence-electron chi connectivity index (χ4n) is 3.36. The van der Waals surface area contributed by atoms with Gasteiger partial charge in [0.2, 0.25) is 5.52 Å². The predicted molar refractivity (Wildman–Crippen MR) is 147 cm³/mol. The zero-order chi connectivity index (χ0) is 20.2. The Bertz CT molecular complexity index is 727. The van der Waals surface area contributed by atoms with Crippen LogP contribution in [-0.4, -0.2) is 6.04 Å². The molecule has 3 heteroatoms. The van der Waals surface area contributed by atoms with Gasteiger partial charge in [-0.05, 0) is 24.6 Å². The molecule has 1 N–H and O–H groups in total.